The summed E-state index contributed by atoms with van der Waals surface area (Å²) in [6, 6.07) is 8.05. The molecule has 1 aromatic carbocycles. The second kappa shape index (κ2) is 7.52. The predicted molar refractivity (Wildman–Crippen MR) is 89.2 cm³/mol. The van der Waals surface area contributed by atoms with Crippen molar-refractivity contribution in [3.8, 4) is 0 Å². The fourth-order valence-electron chi connectivity index (χ4n) is 2.37. The Balaban J connectivity index is 2.20. The van der Waals surface area contributed by atoms with Crippen molar-refractivity contribution >= 4 is 32.6 Å². The van der Waals surface area contributed by atoms with Gasteiger partial charge in [-0.1, -0.05) is 30.4 Å². The lowest BCUT2D eigenvalue weighted by Crippen LogP contribution is -3.12. The Labute approximate surface area is 130 Å². The zero-order valence-corrected chi connectivity index (χ0v) is 13.9. The monoisotopic (exact) mass is 306 g/mol. The van der Waals surface area contributed by atoms with E-state index in [1.165, 1.54) is 4.90 Å². The molecule has 0 unspecified atom stereocenters. The van der Waals surface area contributed by atoms with Crippen LogP contribution in [0.1, 0.15) is 27.2 Å². The topological polar surface area (TPSA) is 37.6 Å². The lowest BCUT2D eigenvalue weighted by atomic mass is 10.3. The molecule has 1 heterocycles. The maximum Gasteiger partial charge on any atom is 0.228 e. The number of anilines is 1. The summed E-state index contributed by atoms with van der Waals surface area (Å²) >= 11 is 1.60. The normalized spacial score (nSPS) is 11.2. The number of quaternary nitrogens is 1. The van der Waals surface area contributed by atoms with Gasteiger partial charge in [0.2, 0.25) is 5.91 Å². The second-order valence-corrected chi connectivity index (χ2v) is 6.08. The van der Waals surface area contributed by atoms with E-state index in [2.05, 4.69) is 24.9 Å². The molecule has 114 valence electrons. The van der Waals surface area contributed by atoms with Crippen LogP contribution in [0, 0.1) is 0 Å². The molecule has 0 saturated carbocycles. The number of nitrogens with zero attached hydrogens (tertiary/aromatic N) is 2. The van der Waals surface area contributed by atoms with Crippen LogP contribution in [0.25, 0.3) is 10.2 Å². The molecule has 4 nitrogen and oxygen atoms in total. The Bertz CT molecular complexity index is 559. The van der Waals surface area contributed by atoms with Gasteiger partial charge in [-0.15, -0.1) is 0 Å². The highest BCUT2D eigenvalue weighted by Gasteiger charge is 2.19. The number of rotatable bonds is 7. The molecule has 0 aliphatic heterocycles. The zero-order chi connectivity index (χ0) is 15.2. The van der Waals surface area contributed by atoms with E-state index in [-0.39, 0.29) is 5.91 Å². The zero-order valence-electron chi connectivity index (χ0n) is 13.1. The molecular weight excluding hydrogens is 282 g/mol. The fourth-order valence-corrected chi connectivity index (χ4v) is 3.38. The van der Waals surface area contributed by atoms with Gasteiger partial charge in [0, 0.05) is 6.42 Å². The molecule has 2 rings (SSSR count). The SMILES string of the molecule is CCC(=O)N(CC[NH+](CC)CC)c1nc2ccccc2s1. The highest BCUT2D eigenvalue weighted by molar-refractivity contribution is 7.22. The Kier molecular flexibility index (Phi) is 5.70. The average Bonchev–Trinajstić information content (AvgIpc) is 2.94. The molecule has 1 N–H and O–H groups in total. The minimum absolute atomic E-state index is 0.153. The number of carbonyl (C=O) groups excluding carboxylic acids is 1. The molecule has 2 aromatic rings. The molecule has 1 aromatic heterocycles. The number of fused-ring (bicyclic) bond motifs is 1. The first-order valence-corrected chi connectivity index (χ1v) is 8.50. The molecule has 0 spiro atoms. The molecular formula is C16H24N3OS+. The largest absolute Gasteiger partial charge is 0.334 e. The Morgan fingerprint density at radius 1 is 1.24 bits per heavy atom. The summed E-state index contributed by atoms with van der Waals surface area (Å²) in [5.74, 6) is 0.153. The summed E-state index contributed by atoms with van der Waals surface area (Å²) in [4.78, 5) is 20.2. The number of aromatic nitrogens is 1. The van der Waals surface area contributed by atoms with Crippen molar-refractivity contribution in [2.75, 3.05) is 31.1 Å². The van der Waals surface area contributed by atoms with E-state index in [0.29, 0.717) is 6.42 Å². The van der Waals surface area contributed by atoms with E-state index < -0.39 is 0 Å². The van der Waals surface area contributed by atoms with Gasteiger partial charge in [-0.25, -0.2) is 4.98 Å². The lowest BCUT2D eigenvalue weighted by Gasteiger charge is -2.22. The van der Waals surface area contributed by atoms with E-state index in [1.807, 2.05) is 30.0 Å². The van der Waals surface area contributed by atoms with Gasteiger partial charge >= 0.3 is 0 Å². The standard InChI is InChI=1S/C16H23N3OS/c1-4-15(20)19(12-11-18(5-2)6-3)16-17-13-9-7-8-10-14(13)21-16/h7-10H,4-6,11-12H2,1-3H3/p+1. The van der Waals surface area contributed by atoms with Crippen LogP contribution in [0.15, 0.2) is 24.3 Å². The molecule has 0 atom stereocenters. The number of carbonyl (C=O) groups is 1. The number of benzene rings is 1. The lowest BCUT2D eigenvalue weighted by molar-refractivity contribution is -0.894. The highest BCUT2D eigenvalue weighted by atomic mass is 32.1. The maximum atomic E-state index is 12.3. The quantitative estimate of drug-likeness (QED) is 0.849. The van der Waals surface area contributed by atoms with E-state index in [0.717, 1.165) is 41.5 Å². The average molecular weight is 306 g/mol. The van der Waals surface area contributed by atoms with Crippen LogP contribution < -0.4 is 9.80 Å². The van der Waals surface area contributed by atoms with E-state index in [4.69, 9.17) is 0 Å². The van der Waals surface area contributed by atoms with Crippen LogP contribution in [-0.4, -0.2) is 37.1 Å². The van der Waals surface area contributed by atoms with E-state index in [9.17, 15) is 4.79 Å². The molecule has 0 bridgehead atoms. The van der Waals surface area contributed by atoms with Gasteiger partial charge in [0.05, 0.1) is 36.4 Å². The first-order valence-electron chi connectivity index (χ1n) is 7.69. The van der Waals surface area contributed by atoms with Crippen LogP contribution in [0.3, 0.4) is 0 Å². The third kappa shape index (κ3) is 3.80. The summed E-state index contributed by atoms with van der Waals surface area (Å²) in [7, 11) is 0. The molecule has 0 aliphatic rings. The van der Waals surface area contributed by atoms with Crippen LogP contribution in [0.5, 0.6) is 0 Å². The number of hydrogen-bond acceptors (Lipinski definition) is 3. The van der Waals surface area contributed by atoms with Crippen LogP contribution in [-0.2, 0) is 4.79 Å². The third-order valence-corrected chi connectivity index (χ3v) is 4.87. The summed E-state index contributed by atoms with van der Waals surface area (Å²) in [5.41, 5.74) is 0.974. The summed E-state index contributed by atoms with van der Waals surface area (Å²) in [6.07, 6.45) is 0.517. The van der Waals surface area contributed by atoms with Crippen molar-refractivity contribution in [1.29, 1.82) is 0 Å². The van der Waals surface area contributed by atoms with Crippen molar-refractivity contribution < 1.29 is 9.69 Å². The molecule has 5 heteroatoms. The summed E-state index contributed by atoms with van der Waals surface area (Å²) in [5, 5.41) is 0.828. The van der Waals surface area contributed by atoms with Crippen molar-refractivity contribution in [2.24, 2.45) is 0 Å². The second-order valence-electron chi connectivity index (χ2n) is 5.07. The number of hydrogen-bond donors (Lipinski definition) is 1. The number of thiazole rings is 1. The summed E-state index contributed by atoms with van der Waals surface area (Å²) < 4.78 is 1.14. The first-order chi connectivity index (χ1) is 10.2. The smallest absolute Gasteiger partial charge is 0.228 e. The van der Waals surface area contributed by atoms with Gasteiger partial charge in [0.25, 0.3) is 0 Å². The van der Waals surface area contributed by atoms with Crippen molar-refractivity contribution in [3.63, 3.8) is 0 Å². The Hall–Kier alpha value is -1.46. The highest BCUT2D eigenvalue weighted by Crippen LogP contribution is 2.28. The fraction of sp³-hybridized carbons (Fsp3) is 0.500. The van der Waals surface area contributed by atoms with Gasteiger partial charge in [-0.05, 0) is 26.0 Å². The maximum absolute atomic E-state index is 12.3. The van der Waals surface area contributed by atoms with Crippen LogP contribution in [0.2, 0.25) is 0 Å². The molecule has 21 heavy (non-hydrogen) atoms. The van der Waals surface area contributed by atoms with Crippen LogP contribution in [0.4, 0.5) is 5.13 Å². The third-order valence-electron chi connectivity index (χ3n) is 3.81. The summed E-state index contributed by atoms with van der Waals surface area (Å²) in [6.45, 7) is 10.2. The molecule has 1 amide bonds. The number of amides is 1. The van der Waals surface area contributed by atoms with Crippen molar-refractivity contribution in [1.82, 2.24) is 4.98 Å². The minimum atomic E-state index is 0.153. The Morgan fingerprint density at radius 3 is 2.57 bits per heavy atom. The van der Waals surface area contributed by atoms with Gasteiger partial charge in [-0.3, -0.25) is 9.69 Å². The predicted octanol–water partition coefficient (Wildman–Crippen LogP) is 1.96. The van der Waals surface area contributed by atoms with Crippen molar-refractivity contribution in [2.45, 2.75) is 27.2 Å². The van der Waals surface area contributed by atoms with Crippen LogP contribution >= 0.6 is 11.3 Å². The van der Waals surface area contributed by atoms with Gasteiger partial charge in [0.15, 0.2) is 5.13 Å². The van der Waals surface area contributed by atoms with Gasteiger partial charge in [-0.2, -0.15) is 0 Å². The van der Waals surface area contributed by atoms with E-state index >= 15 is 0 Å². The Morgan fingerprint density at radius 2 is 1.95 bits per heavy atom. The van der Waals surface area contributed by atoms with Crippen molar-refractivity contribution in [3.05, 3.63) is 24.3 Å². The molecule has 0 radical (unpaired) electrons. The number of para-hydroxylation sites is 1. The van der Waals surface area contributed by atoms with E-state index in [1.54, 1.807) is 11.3 Å². The number of nitrogens with one attached hydrogen (secondary N) is 1. The number of likely N-dealkylation sites (N-methyl/N-ethyl adjacent to an activating group) is 1. The molecule has 0 fully saturated rings. The molecule has 0 aliphatic carbocycles. The van der Waals surface area contributed by atoms with Gasteiger partial charge in [0.1, 0.15) is 0 Å². The minimum Gasteiger partial charge on any atom is -0.334 e. The molecule has 0 saturated heterocycles. The first kappa shape index (κ1) is 15.9. The van der Waals surface area contributed by atoms with Gasteiger partial charge < -0.3 is 4.90 Å².